The fourth-order valence-electron chi connectivity index (χ4n) is 5.60. The lowest BCUT2D eigenvalue weighted by molar-refractivity contribution is -0.347. The molecule has 36 heavy (non-hydrogen) atoms. The Morgan fingerprint density at radius 2 is 1.64 bits per heavy atom. The first-order valence-corrected chi connectivity index (χ1v) is 10.9. The SMILES string of the molecule is O[C@](Cn1cnnn1)(c1ccc(F)cc1F)C(F)(F)C12CC(c3ccc(OCC(F)(F)F)cc3)(C1)C2. The molecule has 0 amide bonds. The van der Waals surface area contributed by atoms with Crippen molar-refractivity contribution in [3.8, 4) is 5.75 Å². The Bertz CT molecular complexity index is 1240. The van der Waals surface area contributed by atoms with Crippen LogP contribution in [0.5, 0.6) is 5.75 Å². The molecule has 1 aromatic heterocycles. The Balaban J connectivity index is 1.39. The van der Waals surface area contributed by atoms with Gasteiger partial charge in [-0.1, -0.05) is 12.1 Å². The van der Waals surface area contributed by atoms with Gasteiger partial charge in [0.05, 0.1) is 6.54 Å². The maximum Gasteiger partial charge on any atom is 0.422 e. The van der Waals surface area contributed by atoms with Gasteiger partial charge in [0, 0.05) is 17.0 Å². The Kier molecular flexibility index (Phi) is 5.36. The van der Waals surface area contributed by atoms with Crippen molar-refractivity contribution in [3.63, 3.8) is 0 Å². The Morgan fingerprint density at radius 3 is 2.19 bits per heavy atom. The summed E-state index contributed by atoms with van der Waals surface area (Å²) in [6.07, 6.45) is -3.63. The van der Waals surface area contributed by atoms with Crippen molar-refractivity contribution in [3.05, 3.63) is 71.6 Å². The monoisotopic (exact) mass is 516 g/mol. The first-order valence-electron chi connectivity index (χ1n) is 10.9. The fourth-order valence-corrected chi connectivity index (χ4v) is 5.60. The molecule has 6 rings (SSSR count). The van der Waals surface area contributed by atoms with E-state index in [2.05, 4.69) is 20.3 Å². The third-order valence-corrected chi connectivity index (χ3v) is 7.24. The number of tetrazole rings is 1. The number of ether oxygens (including phenoxy) is 1. The van der Waals surface area contributed by atoms with Gasteiger partial charge in [0.2, 0.25) is 0 Å². The Hall–Kier alpha value is -3.22. The number of hydrogen-bond donors (Lipinski definition) is 1. The largest absolute Gasteiger partial charge is 0.484 e. The van der Waals surface area contributed by atoms with E-state index in [1.54, 1.807) is 0 Å². The van der Waals surface area contributed by atoms with Crippen LogP contribution in [0.15, 0.2) is 48.8 Å². The summed E-state index contributed by atoms with van der Waals surface area (Å²) in [7, 11) is 0. The lowest BCUT2D eigenvalue weighted by atomic mass is 9.30. The third kappa shape index (κ3) is 3.71. The molecule has 0 unspecified atom stereocenters. The highest BCUT2D eigenvalue weighted by molar-refractivity contribution is 5.44. The average Bonchev–Trinajstić information content (AvgIpc) is 3.23. The van der Waals surface area contributed by atoms with E-state index in [4.69, 9.17) is 0 Å². The van der Waals surface area contributed by atoms with Crippen LogP contribution in [0, 0.1) is 17.0 Å². The smallest absolute Gasteiger partial charge is 0.422 e. The van der Waals surface area contributed by atoms with Crippen molar-refractivity contribution in [2.24, 2.45) is 5.41 Å². The van der Waals surface area contributed by atoms with Gasteiger partial charge in [-0.15, -0.1) is 5.10 Å². The molecule has 3 fully saturated rings. The molecule has 1 heterocycles. The van der Waals surface area contributed by atoms with Crippen molar-refractivity contribution >= 4 is 0 Å². The molecule has 2 aromatic carbocycles. The molecule has 192 valence electrons. The van der Waals surface area contributed by atoms with Crippen LogP contribution < -0.4 is 4.74 Å². The molecule has 1 N–H and O–H groups in total. The summed E-state index contributed by atoms with van der Waals surface area (Å²) in [5, 5.41) is 21.6. The summed E-state index contributed by atoms with van der Waals surface area (Å²) < 4.78 is 103. The zero-order valence-electron chi connectivity index (χ0n) is 18.4. The summed E-state index contributed by atoms with van der Waals surface area (Å²) in [4.78, 5) is 0. The van der Waals surface area contributed by atoms with Gasteiger partial charge in [-0.25, -0.2) is 22.2 Å². The number of rotatable bonds is 8. The molecule has 3 aliphatic rings. The van der Waals surface area contributed by atoms with E-state index in [1.807, 2.05) is 0 Å². The lowest BCUT2D eigenvalue weighted by Crippen LogP contribution is -2.76. The number of aromatic nitrogens is 4. The highest BCUT2D eigenvalue weighted by Crippen LogP contribution is 2.80. The third-order valence-electron chi connectivity index (χ3n) is 7.24. The first kappa shape index (κ1) is 24.5. The summed E-state index contributed by atoms with van der Waals surface area (Å²) in [6.45, 7) is -2.33. The van der Waals surface area contributed by atoms with Gasteiger partial charge in [0.25, 0.3) is 5.92 Å². The maximum atomic E-state index is 16.1. The maximum absolute atomic E-state index is 16.1. The van der Waals surface area contributed by atoms with Crippen LogP contribution in [0.2, 0.25) is 0 Å². The molecule has 2 bridgehead atoms. The number of aliphatic hydroxyl groups is 1. The van der Waals surface area contributed by atoms with Crippen LogP contribution >= 0.6 is 0 Å². The number of benzene rings is 2. The van der Waals surface area contributed by atoms with Crippen LogP contribution in [0.4, 0.5) is 30.7 Å². The van der Waals surface area contributed by atoms with E-state index in [9.17, 15) is 27.1 Å². The molecule has 0 aliphatic heterocycles. The van der Waals surface area contributed by atoms with Crippen LogP contribution in [0.25, 0.3) is 0 Å². The molecule has 0 spiro atoms. The van der Waals surface area contributed by atoms with E-state index in [0.29, 0.717) is 11.6 Å². The molecule has 0 radical (unpaired) electrons. The number of hydrogen-bond acceptors (Lipinski definition) is 5. The van der Waals surface area contributed by atoms with Gasteiger partial charge in [-0.2, -0.15) is 13.2 Å². The van der Waals surface area contributed by atoms with Gasteiger partial charge in [0.15, 0.2) is 12.2 Å². The second-order valence-electron chi connectivity index (χ2n) is 9.59. The van der Waals surface area contributed by atoms with Crippen molar-refractivity contribution < 1.29 is 40.6 Å². The van der Waals surface area contributed by atoms with E-state index >= 15 is 8.78 Å². The second-order valence-corrected chi connectivity index (χ2v) is 9.59. The van der Waals surface area contributed by atoms with Gasteiger partial charge in [-0.3, -0.25) is 0 Å². The molecular formula is C23H19F7N4O2. The highest BCUT2D eigenvalue weighted by atomic mass is 19.4. The standard InChI is InChI=1S/C23H19F7N4O2/c24-15-3-6-17(18(25)7-15)21(35,11-34-13-31-32-33-34)23(29,30)20-8-19(9-20,10-20)14-1-4-16(5-2-14)36-12-22(26,27)28/h1-7,13,35H,8-12H2/t19?,20?,21-/m1/s1. The van der Waals surface area contributed by atoms with E-state index in [1.165, 1.54) is 24.3 Å². The minimum Gasteiger partial charge on any atom is -0.484 e. The zero-order chi connectivity index (χ0) is 26.0. The first-order chi connectivity index (χ1) is 16.8. The van der Waals surface area contributed by atoms with Crippen LogP contribution in [0.1, 0.15) is 30.4 Å². The molecular weight excluding hydrogens is 497 g/mol. The predicted molar refractivity (Wildman–Crippen MR) is 109 cm³/mol. The van der Waals surface area contributed by atoms with Gasteiger partial charge in [0.1, 0.15) is 23.7 Å². The summed E-state index contributed by atoms with van der Waals surface area (Å²) in [6, 6.07) is 7.72. The molecule has 13 heteroatoms. The zero-order valence-corrected chi connectivity index (χ0v) is 18.4. The minimum atomic E-state index is -4.49. The van der Waals surface area contributed by atoms with E-state index < -0.39 is 58.9 Å². The summed E-state index contributed by atoms with van der Waals surface area (Å²) >= 11 is 0. The molecule has 1 atom stereocenters. The number of alkyl halides is 5. The minimum absolute atomic E-state index is 0.00897. The predicted octanol–water partition coefficient (Wildman–Crippen LogP) is 4.54. The summed E-state index contributed by atoms with van der Waals surface area (Å²) in [5.41, 5.74) is -5.56. The molecule has 6 nitrogen and oxygen atoms in total. The second kappa shape index (κ2) is 7.89. The molecule has 3 aromatic rings. The Morgan fingerprint density at radius 1 is 0.972 bits per heavy atom. The highest BCUT2D eigenvalue weighted by Gasteiger charge is 2.82. The van der Waals surface area contributed by atoms with Gasteiger partial charge < -0.3 is 9.84 Å². The van der Waals surface area contributed by atoms with Gasteiger partial charge in [-0.05, 0) is 64.9 Å². The van der Waals surface area contributed by atoms with Crippen molar-refractivity contribution in [1.82, 2.24) is 20.2 Å². The lowest BCUT2D eigenvalue weighted by Gasteiger charge is -2.74. The van der Waals surface area contributed by atoms with Crippen molar-refractivity contribution in [2.75, 3.05) is 6.61 Å². The Labute approximate surface area is 199 Å². The van der Waals surface area contributed by atoms with Crippen LogP contribution in [0.3, 0.4) is 0 Å². The van der Waals surface area contributed by atoms with Crippen molar-refractivity contribution in [2.45, 2.75) is 48.9 Å². The van der Waals surface area contributed by atoms with E-state index in [-0.39, 0.29) is 25.0 Å². The number of nitrogens with zero attached hydrogens (tertiary/aromatic N) is 4. The van der Waals surface area contributed by atoms with Crippen LogP contribution in [-0.4, -0.2) is 44.0 Å². The molecule has 0 saturated heterocycles. The van der Waals surface area contributed by atoms with Crippen molar-refractivity contribution in [1.29, 1.82) is 0 Å². The summed E-state index contributed by atoms with van der Waals surface area (Å²) in [5.74, 6) is -6.20. The van der Waals surface area contributed by atoms with Crippen LogP contribution in [-0.2, 0) is 17.6 Å². The quantitative estimate of drug-likeness (QED) is 0.446. The van der Waals surface area contributed by atoms with E-state index in [0.717, 1.165) is 23.1 Å². The normalized spacial score (nSPS) is 25.0. The topological polar surface area (TPSA) is 73.1 Å². The number of halogens is 7. The molecule has 3 saturated carbocycles. The fraction of sp³-hybridized carbons (Fsp3) is 0.435. The van der Waals surface area contributed by atoms with Gasteiger partial charge >= 0.3 is 6.18 Å². The molecule has 3 aliphatic carbocycles. The average molecular weight is 516 g/mol.